The minimum Gasteiger partial charge on any atom is -0.316 e. The highest BCUT2D eigenvalue weighted by atomic mass is 35.5. The quantitative estimate of drug-likeness (QED) is 0.734. The predicted octanol–water partition coefficient (Wildman–Crippen LogP) is 3.04. The van der Waals surface area contributed by atoms with Gasteiger partial charge in [-0.2, -0.15) is 13.2 Å². The molecule has 0 aliphatic carbocycles. The molecular weight excluding hydrogens is 222 g/mol. The summed E-state index contributed by atoms with van der Waals surface area (Å²) in [5.41, 5.74) is 4.51. The lowest BCUT2D eigenvalue weighted by Crippen LogP contribution is -2.28. The van der Waals surface area contributed by atoms with Gasteiger partial charge in [-0.05, 0) is 17.7 Å². The van der Waals surface area contributed by atoms with Gasteiger partial charge in [0.15, 0.2) is 0 Å². The molecule has 1 aromatic rings. The Kier molecular flexibility index (Phi) is 3.01. The van der Waals surface area contributed by atoms with Crippen molar-refractivity contribution in [2.24, 2.45) is 5.73 Å². The van der Waals surface area contributed by atoms with E-state index in [1.165, 1.54) is 0 Å². The summed E-state index contributed by atoms with van der Waals surface area (Å²) in [4.78, 5) is 0. The second-order valence-corrected chi connectivity index (χ2v) is 3.10. The van der Waals surface area contributed by atoms with E-state index in [2.05, 4.69) is 0 Å². The molecule has 0 saturated carbocycles. The van der Waals surface area contributed by atoms with Gasteiger partial charge in [-0.3, -0.25) is 0 Å². The standard InChI is InChI=1S/C8H6ClF4N/c9-5-2-1-4(3-6(5)10)7(14)8(11,12)13/h1-3,7H,14H2/t7-/m0/s1. The van der Waals surface area contributed by atoms with Crippen LogP contribution < -0.4 is 5.73 Å². The van der Waals surface area contributed by atoms with Gasteiger partial charge in [-0.15, -0.1) is 0 Å². The Bertz CT molecular complexity index is 337. The molecule has 1 atom stereocenters. The number of benzene rings is 1. The fourth-order valence-electron chi connectivity index (χ4n) is 0.895. The van der Waals surface area contributed by atoms with E-state index in [-0.39, 0.29) is 10.6 Å². The van der Waals surface area contributed by atoms with Gasteiger partial charge >= 0.3 is 6.18 Å². The highest BCUT2D eigenvalue weighted by molar-refractivity contribution is 6.30. The van der Waals surface area contributed by atoms with Gasteiger partial charge in [0.1, 0.15) is 11.9 Å². The van der Waals surface area contributed by atoms with Gasteiger partial charge in [-0.25, -0.2) is 4.39 Å². The third-order valence-electron chi connectivity index (χ3n) is 1.66. The highest BCUT2D eigenvalue weighted by Gasteiger charge is 2.37. The highest BCUT2D eigenvalue weighted by Crippen LogP contribution is 2.31. The van der Waals surface area contributed by atoms with Crippen LogP contribution in [0.3, 0.4) is 0 Å². The molecule has 0 saturated heterocycles. The Morgan fingerprint density at radius 3 is 2.29 bits per heavy atom. The van der Waals surface area contributed by atoms with E-state index < -0.39 is 18.0 Å². The summed E-state index contributed by atoms with van der Waals surface area (Å²) in [5, 5.41) is -0.233. The lowest BCUT2D eigenvalue weighted by atomic mass is 10.1. The maximum Gasteiger partial charge on any atom is 0.407 e. The Labute approximate surface area is 82.5 Å². The van der Waals surface area contributed by atoms with Crippen molar-refractivity contribution in [1.29, 1.82) is 0 Å². The number of hydrogen-bond donors (Lipinski definition) is 1. The second kappa shape index (κ2) is 3.74. The van der Waals surface area contributed by atoms with Crippen LogP contribution in [-0.4, -0.2) is 6.18 Å². The van der Waals surface area contributed by atoms with Crippen molar-refractivity contribution < 1.29 is 17.6 Å². The molecule has 14 heavy (non-hydrogen) atoms. The van der Waals surface area contributed by atoms with Crippen molar-refractivity contribution in [1.82, 2.24) is 0 Å². The molecule has 1 rings (SSSR count). The van der Waals surface area contributed by atoms with Crippen molar-refractivity contribution in [2.45, 2.75) is 12.2 Å². The third kappa shape index (κ3) is 2.36. The van der Waals surface area contributed by atoms with Gasteiger partial charge in [0.25, 0.3) is 0 Å². The molecule has 6 heteroatoms. The molecule has 0 aliphatic heterocycles. The van der Waals surface area contributed by atoms with Gasteiger partial charge < -0.3 is 5.73 Å². The summed E-state index contributed by atoms with van der Waals surface area (Å²) >= 11 is 5.30. The third-order valence-corrected chi connectivity index (χ3v) is 1.96. The van der Waals surface area contributed by atoms with Crippen molar-refractivity contribution in [3.05, 3.63) is 34.6 Å². The molecule has 1 aromatic carbocycles. The van der Waals surface area contributed by atoms with Crippen LogP contribution >= 0.6 is 11.6 Å². The van der Waals surface area contributed by atoms with E-state index >= 15 is 0 Å². The molecular formula is C8H6ClF4N. The molecule has 0 amide bonds. The zero-order valence-electron chi connectivity index (χ0n) is 6.78. The molecule has 2 N–H and O–H groups in total. The zero-order valence-corrected chi connectivity index (χ0v) is 7.53. The zero-order chi connectivity index (χ0) is 10.9. The molecule has 0 aliphatic rings. The molecule has 0 bridgehead atoms. The summed E-state index contributed by atoms with van der Waals surface area (Å²) in [7, 11) is 0. The summed E-state index contributed by atoms with van der Waals surface area (Å²) in [5.74, 6) is -0.913. The molecule has 0 spiro atoms. The maximum absolute atomic E-state index is 12.8. The topological polar surface area (TPSA) is 26.0 Å². The summed E-state index contributed by atoms with van der Waals surface area (Å²) in [6.45, 7) is 0. The monoisotopic (exact) mass is 227 g/mol. The number of rotatable bonds is 1. The van der Waals surface area contributed by atoms with E-state index in [9.17, 15) is 17.6 Å². The molecule has 1 nitrogen and oxygen atoms in total. The van der Waals surface area contributed by atoms with E-state index in [1.54, 1.807) is 0 Å². The van der Waals surface area contributed by atoms with Crippen LogP contribution in [0.25, 0.3) is 0 Å². The van der Waals surface area contributed by atoms with Crippen LogP contribution in [0, 0.1) is 5.82 Å². The fourth-order valence-corrected chi connectivity index (χ4v) is 1.01. The second-order valence-electron chi connectivity index (χ2n) is 2.69. The SMILES string of the molecule is N[C@@H](c1ccc(Cl)c(F)c1)C(F)(F)F. The minimum atomic E-state index is -4.58. The molecule has 0 aromatic heterocycles. The maximum atomic E-state index is 12.8. The Hall–Kier alpha value is -0.810. The number of nitrogens with two attached hydrogens (primary N) is 1. The number of hydrogen-bond acceptors (Lipinski definition) is 1. The molecule has 0 radical (unpaired) electrons. The fraction of sp³-hybridized carbons (Fsp3) is 0.250. The van der Waals surface area contributed by atoms with Crippen LogP contribution in [0.15, 0.2) is 18.2 Å². The Morgan fingerprint density at radius 2 is 1.86 bits per heavy atom. The summed E-state index contributed by atoms with van der Waals surface area (Å²) < 4.78 is 49.0. The van der Waals surface area contributed by atoms with Crippen molar-refractivity contribution in [3.8, 4) is 0 Å². The Morgan fingerprint density at radius 1 is 1.29 bits per heavy atom. The van der Waals surface area contributed by atoms with Crippen molar-refractivity contribution in [3.63, 3.8) is 0 Å². The largest absolute Gasteiger partial charge is 0.407 e. The number of alkyl halides is 3. The van der Waals surface area contributed by atoms with E-state index in [0.717, 1.165) is 12.1 Å². The summed E-state index contributed by atoms with van der Waals surface area (Å²) in [6.07, 6.45) is -4.58. The first kappa shape index (κ1) is 11.3. The van der Waals surface area contributed by atoms with Crippen LogP contribution in [0.5, 0.6) is 0 Å². The summed E-state index contributed by atoms with van der Waals surface area (Å²) in [6, 6.07) is 0.580. The van der Waals surface area contributed by atoms with E-state index in [1.807, 2.05) is 0 Å². The predicted molar refractivity (Wildman–Crippen MR) is 44.4 cm³/mol. The first-order valence-corrected chi connectivity index (χ1v) is 3.97. The molecule has 0 unspecified atom stereocenters. The van der Waals surface area contributed by atoms with Crippen LogP contribution in [0.1, 0.15) is 11.6 Å². The minimum absolute atomic E-state index is 0.233. The smallest absolute Gasteiger partial charge is 0.316 e. The van der Waals surface area contributed by atoms with Gasteiger partial charge in [0.2, 0.25) is 0 Å². The molecule has 0 fully saturated rings. The van der Waals surface area contributed by atoms with Gasteiger partial charge in [0.05, 0.1) is 5.02 Å². The van der Waals surface area contributed by atoms with Gasteiger partial charge in [0, 0.05) is 0 Å². The lowest BCUT2D eigenvalue weighted by molar-refractivity contribution is -0.149. The average molecular weight is 228 g/mol. The van der Waals surface area contributed by atoms with E-state index in [4.69, 9.17) is 17.3 Å². The molecule has 0 heterocycles. The average Bonchev–Trinajstić information content (AvgIpc) is 2.07. The first-order valence-electron chi connectivity index (χ1n) is 3.59. The van der Waals surface area contributed by atoms with Crippen molar-refractivity contribution >= 4 is 11.6 Å². The van der Waals surface area contributed by atoms with E-state index in [0.29, 0.717) is 6.07 Å². The Balaban J connectivity index is 3.03. The van der Waals surface area contributed by atoms with Crippen molar-refractivity contribution in [2.75, 3.05) is 0 Å². The van der Waals surface area contributed by atoms with Gasteiger partial charge in [-0.1, -0.05) is 17.7 Å². The molecule has 78 valence electrons. The number of halogens is 5. The first-order chi connectivity index (χ1) is 6.32. The normalized spacial score (nSPS) is 14.1. The van der Waals surface area contributed by atoms with Crippen LogP contribution in [-0.2, 0) is 0 Å². The van der Waals surface area contributed by atoms with Crippen LogP contribution in [0.2, 0.25) is 5.02 Å². The van der Waals surface area contributed by atoms with Crippen LogP contribution in [0.4, 0.5) is 17.6 Å². The lowest BCUT2D eigenvalue weighted by Gasteiger charge is -2.15.